The molecular formula is C11H22N2OS. The Bertz CT molecular complexity index is 203. The zero-order valence-electron chi connectivity index (χ0n) is 9.71. The average Bonchev–Trinajstić information content (AvgIpc) is 2.27. The van der Waals surface area contributed by atoms with E-state index in [2.05, 4.69) is 11.9 Å². The number of nitrogens with two attached hydrogens (primary N) is 1. The first kappa shape index (κ1) is 14.5. The fourth-order valence-corrected chi connectivity index (χ4v) is 1.73. The molecule has 0 radical (unpaired) electrons. The van der Waals surface area contributed by atoms with Crippen LogP contribution in [0.4, 0.5) is 0 Å². The van der Waals surface area contributed by atoms with E-state index in [0.29, 0.717) is 19.4 Å². The van der Waals surface area contributed by atoms with Gasteiger partial charge in [0, 0.05) is 18.1 Å². The Morgan fingerprint density at radius 3 is 2.60 bits per heavy atom. The summed E-state index contributed by atoms with van der Waals surface area (Å²) in [6, 6.07) is 0. The lowest BCUT2D eigenvalue weighted by Crippen LogP contribution is -2.53. The summed E-state index contributed by atoms with van der Waals surface area (Å²) >= 11 is 1.75. The van der Waals surface area contributed by atoms with Gasteiger partial charge in [-0.15, -0.1) is 6.58 Å². The number of thioether (sulfide) groups is 1. The highest BCUT2D eigenvalue weighted by molar-refractivity contribution is 7.99. The Hall–Kier alpha value is -0.480. The van der Waals surface area contributed by atoms with Gasteiger partial charge in [-0.05, 0) is 12.8 Å². The van der Waals surface area contributed by atoms with Gasteiger partial charge in [0.1, 0.15) is 0 Å². The van der Waals surface area contributed by atoms with Gasteiger partial charge in [-0.3, -0.25) is 4.79 Å². The Morgan fingerprint density at radius 2 is 2.13 bits per heavy atom. The first-order valence-electron chi connectivity index (χ1n) is 5.36. The van der Waals surface area contributed by atoms with Gasteiger partial charge in [0.05, 0.1) is 5.54 Å². The molecule has 0 aromatic carbocycles. The Kier molecular flexibility index (Phi) is 7.52. The van der Waals surface area contributed by atoms with E-state index in [0.717, 1.165) is 11.5 Å². The standard InChI is InChI=1S/C11H22N2OS/c1-4-8-15-9-7-13-10(14)11(12,5-2)6-3/h4H,1,5-9,12H2,2-3H3,(H,13,14). The maximum atomic E-state index is 11.7. The van der Waals surface area contributed by atoms with Crippen LogP contribution in [0, 0.1) is 0 Å². The van der Waals surface area contributed by atoms with Crippen LogP contribution >= 0.6 is 11.8 Å². The minimum absolute atomic E-state index is 0.0355. The third-order valence-corrected chi connectivity index (χ3v) is 3.45. The quantitative estimate of drug-likeness (QED) is 0.491. The lowest BCUT2D eigenvalue weighted by atomic mass is 9.93. The molecule has 0 bridgehead atoms. The van der Waals surface area contributed by atoms with Gasteiger partial charge in [-0.2, -0.15) is 11.8 Å². The second kappa shape index (κ2) is 7.77. The van der Waals surface area contributed by atoms with Crippen molar-refractivity contribution in [1.29, 1.82) is 0 Å². The summed E-state index contributed by atoms with van der Waals surface area (Å²) in [7, 11) is 0. The van der Waals surface area contributed by atoms with Crippen molar-refractivity contribution in [2.24, 2.45) is 5.73 Å². The van der Waals surface area contributed by atoms with Gasteiger partial charge in [-0.25, -0.2) is 0 Å². The van der Waals surface area contributed by atoms with Crippen molar-refractivity contribution < 1.29 is 4.79 Å². The highest BCUT2D eigenvalue weighted by Crippen LogP contribution is 2.10. The fraction of sp³-hybridized carbons (Fsp3) is 0.727. The van der Waals surface area contributed by atoms with Crippen molar-refractivity contribution in [2.45, 2.75) is 32.2 Å². The van der Waals surface area contributed by atoms with Gasteiger partial charge in [0.15, 0.2) is 0 Å². The predicted molar refractivity (Wildman–Crippen MR) is 68.0 cm³/mol. The minimum Gasteiger partial charge on any atom is -0.354 e. The number of nitrogens with one attached hydrogen (secondary N) is 1. The van der Waals surface area contributed by atoms with Gasteiger partial charge in [0.2, 0.25) is 5.91 Å². The number of hydrogen-bond acceptors (Lipinski definition) is 3. The number of hydrogen-bond donors (Lipinski definition) is 2. The number of amides is 1. The Morgan fingerprint density at radius 1 is 1.53 bits per heavy atom. The molecule has 3 N–H and O–H groups in total. The molecule has 0 aromatic heterocycles. The zero-order chi connectivity index (χ0) is 11.7. The predicted octanol–water partition coefficient (Wildman–Crippen LogP) is 1.54. The van der Waals surface area contributed by atoms with E-state index in [1.807, 2.05) is 19.9 Å². The van der Waals surface area contributed by atoms with Gasteiger partial charge >= 0.3 is 0 Å². The van der Waals surface area contributed by atoms with Crippen LogP contribution in [0.1, 0.15) is 26.7 Å². The molecule has 0 aromatic rings. The Labute approximate surface area is 96.9 Å². The van der Waals surface area contributed by atoms with Gasteiger partial charge in [0.25, 0.3) is 0 Å². The van der Waals surface area contributed by atoms with E-state index >= 15 is 0 Å². The summed E-state index contributed by atoms with van der Waals surface area (Å²) in [6.45, 7) is 8.19. The largest absolute Gasteiger partial charge is 0.354 e. The summed E-state index contributed by atoms with van der Waals surface area (Å²) in [4.78, 5) is 11.7. The number of rotatable bonds is 8. The lowest BCUT2D eigenvalue weighted by Gasteiger charge is -2.25. The van der Waals surface area contributed by atoms with E-state index in [9.17, 15) is 4.79 Å². The van der Waals surface area contributed by atoms with Crippen molar-refractivity contribution in [3.8, 4) is 0 Å². The third kappa shape index (κ3) is 5.23. The van der Waals surface area contributed by atoms with Crippen LogP contribution in [0.3, 0.4) is 0 Å². The molecule has 15 heavy (non-hydrogen) atoms. The molecule has 88 valence electrons. The number of carbonyl (C=O) groups excluding carboxylic acids is 1. The second-order valence-corrected chi connectivity index (χ2v) is 4.63. The molecule has 0 aliphatic heterocycles. The van der Waals surface area contributed by atoms with Crippen molar-refractivity contribution in [1.82, 2.24) is 5.32 Å². The van der Waals surface area contributed by atoms with Crippen LogP contribution in [0.5, 0.6) is 0 Å². The Balaban J connectivity index is 3.77. The molecule has 4 heteroatoms. The van der Waals surface area contributed by atoms with Crippen LogP contribution < -0.4 is 11.1 Å². The summed E-state index contributed by atoms with van der Waals surface area (Å²) in [5.41, 5.74) is 5.25. The first-order valence-corrected chi connectivity index (χ1v) is 6.52. The molecule has 0 rings (SSSR count). The summed E-state index contributed by atoms with van der Waals surface area (Å²) in [5, 5.41) is 2.86. The first-order chi connectivity index (χ1) is 7.10. The molecule has 3 nitrogen and oxygen atoms in total. The highest BCUT2D eigenvalue weighted by atomic mass is 32.2. The summed E-state index contributed by atoms with van der Waals surface area (Å²) < 4.78 is 0. The molecule has 0 fully saturated rings. The lowest BCUT2D eigenvalue weighted by molar-refractivity contribution is -0.126. The van der Waals surface area contributed by atoms with Crippen LogP contribution in [-0.2, 0) is 4.79 Å². The number of carbonyl (C=O) groups is 1. The molecule has 0 aliphatic carbocycles. The summed E-state index contributed by atoms with van der Waals surface area (Å²) in [6.07, 6.45) is 3.21. The van der Waals surface area contributed by atoms with E-state index in [-0.39, 0.29) is 5.91 Å². The van der Waals surface area contributed by atoms with Crippen LogP contribution in [0.25, 0.3) is 0 Å². The molecule has 0 saturated heterocycles. The molecule has 0 saturated carbocycles. The fourth-order valence-electron chi connectivity index (χ4n) is 1.15. The third-order valence-electron chi connectivity index (χ3n) is 2.48. The van der Waals surface area contributed by atoms with Gasteiger partial charge < -0.3 is 11.1 Å². The monoisotopic (exact) mass is 230 g/mol. The van der Waals surface area contributed by atoms with Crippen LogP contribution in [0.2, 0.25) is 0 Å². The maximum Gasteiger partial charge on any atom is 0.240 e. The zero-order valence-corrected chi connectivity index (χ0v) is 10.5. The van der Waals surface area contributed by atoms with Crippen molar-refractivity contribution in [3.05, 3.63) is 12.7 Å². The van der Waals surface area contributed by atoms with Crippen molar-refractivity contribution >= 4 is 17.7 Å². The highest BCUT2D eigenvalue weighted by Gasteiger charge is 2.29. The SMILES string of the molecule is C=CCSCCNC(=O)C(N)(CC)CC. The van der Waals surface area contributed by atoms with E-state index < -0.39 is 5.54 Å². The molecule has 1 amide bonds. The molecule has 0 unspecified atom stereocenters. The minimum atomic E-state index is -0.691. The van der Waals surface area contributed by atoms with Crippen molar-refractivity contribution in [2.75, 3.05) is 18.1 Å². The van der Waals surface area contributed by atoms with E-state index in [4.69, 9.17) is 5.73 Å². The van der Waals surface area contributed by atoms with Crippen molar-refractivity contribution in [3.63, 3.8) is 0 Å². The average molecular weight is 230 g/mol. The molecule has 0 atom stereocenters. The topological polar surface area (TPSA) is 55.1 Å². The van der Waals surface area contributed by atoms with E-state index in [1.54, 1.807) is 11.8 Å². The smallest absolute Gasteiger partial charge is 0.240 e. The molecule has 0 aliphatic rings. The van der Waals surface area contributed by atoms with Gasteiger partial charge in [-0.1, -0.05) is 19.9 Å². The normalized spacial score (nSPS) is 11.1. The summed E-state index contributed by atoms with van der Waals surface area (Å²) in [5.74, 6) is 1.79. The van der Waals surface area contributed by atoms with E-state index in [1.165, 1.54) is 0 Å². The molecule has 0 spiro atoms. The second-order valence-electron chi connectivity index (χ2n) is 3.48. The molecule has 0 heterocycles. The van der Waals surface area contributed by atoms with Crippen LogP contribution in [0.15, 0.2) is 12.7 Å². The molecular weight excluding hydrogens is 208 g/mol. The van der Waals surface area contributed by atoms with Crippen LogP contribution in [-0.4, -0.2) is 29.5 Å². The maximum absolute atomic E-state index is 11.7.